The Morgan fingerprint density at radius 1 is 1.26 bits per heavy atom. The highest BCUT2D eigenvalue weighted by Gasteiger charge is 2.08. The molecule has 0 fully saturated rings. The van der Waals surface area contributed by atoms with Crippen LogP contribution in [0.4, 0.5) is 20.6 Å². The predicted octanol–water partition coefficient (Wildman–Crippen LogP) is 2.48. The van der Waals surface area contributed by atoms with E-state index in [1.807, 2.05) is 0 Å². The summed E-state index contributed by atoms with van der Waals surface area (Å²) in [5, 5.41) is 7.38. The van der Waals surface area contributed by atoms with Crippen LogP contribution < -0.4 is 16.0 Å². The summed E-state index contributed by atoms with van der Waals surface area (Å²) >= 11 is 0. The van der Waals surface area contributed by atoms with Crippen molar-refractivity contribution in [2.45, 2.75) is 13.8 Å². The molecule has 0 aliphatic heterocycles. The molecule has 0 unspecified atom stereocenters. The lowest BCUT2D eigenvalue weighted by atomic mass is 10.2. The summed E-state index contributed by atoms with van der Waals surface area (Å²) in [5.41, 5.74) is 1.18. The molecule has 0 radical (unpaired) electrons. The van der Waals surface area contributed by atoms with Gasteiger partial charge in [0.15, 0.2) is 0 Å². The van der Waals surface area contributed by atoms with E-state index in [0.29, 0.717) is 12.2 Å². The van der Waals surface area contributed by atoms with Crippen LogP contribution in [0.3, 0.4) is 0 Å². The Kier molecular flexibility index (Phi) is 5.05. The Bertz CT molecular complexity index is 515. The van der Waals surface area contributed by atoms with Crippen molar-refractivity contribution in [1.82, 2.24) is 5.32 Å². The number of nitrogens with one attached hydrogen (secondary N) is 3. The third-order valence-electron chi connectivity index (χ3n) is 2.09. The van der Waals surface area contributed by atoms with Gasteiger partial charge in [0.1, 0.15) is 5.82 Å². The number of halogens is 1. The second-order valence-electron chi connectivity index (χ2n) is 4.14. The van der Waals surface area contributed by atoms with Gasteiger partial charge in [-0.15, -0.1) is 0 Å². The number of benzene rings is 1. The van der Waals surface area contributed by atoms with E-state index in [-0.39, 0.29) is 11.6 Å². The maximum Gasteiger partial charge on any atom is 0.319 e. The van der Waals surface area contributed by atoms with Gasteiger partial charge in [0.25, 0.3) is 0 Å². The number of hydrogen-bond acceptors (Lipinski definition) is 2. The topological polar surface area (TPSA) is 70.2 Å². The first-order valence-electron chi connectivity index (χ1n) is 5.65. The molecule has 3 amide bonds. The van der Waals surface area contributed by atoms with Crippen molar-refractivity contribution in [2.75, 3.05) is 17.2 Å². The predicted molar refractivity (Wildman–Crippen MR) is 72.5 cm³/mol. The summed E-state index contributed by atoms with van der Waals surface area (Å²) in [5.74, 6) is -0.858. The Morgan fingerprint density at radius 2 is 1.95 bits per heavy atom. The molecular formula is C13H16FN3O2. The zero-order chi connectivity index (χ0) is 14.4. The molecule has 19 heavy (non-hydrogen) atoms. The van der Waals surface area contributed by atoms with Gasteiger partial charge in [-0.1, -0.05) is 12.2 Å². The summed E-state index contributed by atoms with van der Waals surface area (Å²) in [7, 11) is 0. The Balaban J connectivity index is 2.73. The molecule has 1 aromatic rings. The molecule has 3 N–H and O–H groups in total. The quantitative estimate of drug-likeness (QED) is 0.732. The van der Waals surface area contributed by atoms with Crippen LogP contribution in [0.15, 0.2) is 30.4 Å². The molecule has 6 heteroatoms. The summed E-state index contributed by atoms with van der Waals surface area (Å²) < 4.78 is 13.5. The first kappa shape index (κ1) is 14.7. The summed E-state index contributed by atoms with van der Waals surface area (Å²) in [6.07, 6.45) is 0. The summed E-state index contributed by atoms with van der Waals surface area (Å²) in [4.78, 5) is 22.4. The minimum absolute atomic E-state index is 0.00883. The molecular weight excluding hydrogens is 249 g/mol. The molecule has 0 saturated carbocycles. The molecule has 0 aliphatic rings. The van der Waals surface area contributed by atoms with Crippen LogP contribution in [0.1, 0.15) is 13.8 Å². The second kappa shape index (κ2) is 6.53. The van der Waals surface area contributed by atoms with Gasteiger partial charge in [-0.2, -0.15) is 0 Å². The molecule has 5 nitrogen and oxygen atoms in total. The van der Waals surface area contributed by atoms with E-state index in [0.717, 1.165) is 5.57 Å². The average Bonchev–Trinajstić information content (AvgIpc) is 2.30. The molecule has 0 spiro atoms. The molecule has 1 rings (SSSR count). The minimum atomic E-state index is -0.584. The van der Waals surface area contributed by atoms with Crippen molar-refractivity contribution in [2.24, 2.45) is 0 Å². The van der Waals surface area contributed by atoms with Crippen LogP contribution in [-0.4, -0.2) is 18.5 Å². The first-order chi connectivity index (χ1) is 8.88. The average molecular weight is 265 g/mol. The number of rotatable bonds is 4. The van der Waals surface area contributed by atoms with Crippen LogP contribution in [0.2, 0.25) is 0 Å². The van der Waals surface area contributed by atoms with Crippen molar-refractivity contribution >= 4 is 23.3 Å². The second-order valence-corrected chi connectivity index (χ2v) is 4.14. The fourth-order valence-electron chi connectivity index (χ4n) is 1.30. The lowest BCUT2D eigenvalue weighted by molar-refractivity contribution is -0.114. The standard InChI is InChI=1S/C13H16FN3O2/c1-8(2)7-15-13(19)17-12-6-10(16-9(3)18)4-5-11(12)14/h4-6H,1,7H2,2-3H3,(H,16,18)(H2,15,17,19). The zero-order valence-electron chi connectivity index (χ0n) is 10.8. The van der Waals surface area contributed by atoms with E-state index in [4.69, 9.17) is 0 Å². The Labute approximate surface area is 110 Å². The van der Waals surface area contributed by atoms with Gasteiger partial charge < -0.3 is 16.0 Å². The highest BCUT2D eigenvalue weighted by atomic mass is 19.1. The van der Waals surface area contributed by atoms with Crippen LogP contribution >= 0.6 is 0 Å². The summed E-state index contributed by atoms with van der Waals surface area (Å²) in [6, 6.07) is 3.38. The zero-order valence-corrected chi connectivity index (χ0v) is 10.8. The van der Waals surface area contributed by atoms with Crippen LogP contribution in [0.25, 0.3) is 0 Å². The van der Waals surface area contributed by atoms with Crippen LogP contribution in [0.5, 0.6) is 0 Å². The largest absolute Gasteiger partial charge is 0.334 e. The molecule has 0 saturated heterocycles. The molecule has 1 aromatic carbocycles. The van der Waals surface area contributed by atoms with Crippen molar-refractivity contribution in [3.63, 3.8) is 0 Å². The molecule has 0 bridgehead atoms. The molecule has 0 heterocycles. The maximum absolute atomic E-state index is 13.5. The van der Waals surface area contributed by atoms with Gasteiger partial charge in [-0.3, -0.25) is 4.79 Å². The SMILES string of the molecule is C=C(C)CNC(=O)Nc1cc(NC(C)=O)ccc1F. The van der Waals surface area contributed by atoms with Gasteiger partial charge in [-0.05, 0) is 25.1 Å². The van der Waals surface area contributed by atoms with E-state index in [1.165, 1.54) is 25.1 Å². The van der Waals surface area contributed by atoms with E-state index in [2.05, 4.69) is 22.5 Å². The fraction of sp³-hybridized carbons (Fsp3) is 0.231. The lowest BCUT2D eigenvalue weighted by Gasteiger charge is -2.10. The van der Waals surface area contributed by atoms with Gasteiger partial charge in [0.05, 0.1) is 5.69 Å². The maximum atomic E-state index is 13.5. The molecule has 0 aromatic heterocycles. The molecule has 0 aliphatic carbocycles. The highest BCUT2D eigenvalue weighted by molar-refractivity contribution is 5.92. The summed E-state index contributed by atoms with van der Waals surface area (Å²) in [6.45, 7) is 7.04. The van der Waals surface area contributed by atoms with Gasteiger partial charge in [0.2, 0.25) is 5.91 Å². The minimum Gasteiger partial charge on any atom is -0.334 e. The van der Waals surface area contributed by atoms with Crippen LogP contribution in [-0.2, 0) is 4.79 Å². The van der Waals surface area contributed by atoms with E-state index < -0.39 is 11.8 Å². The molecule has 102 valence electrons. The number of carbonyl (C=O) groups is 2. The number of amides is 3. The van der Waals surface area contributed by atoms with Crippen molar-refractivity contribution in [3.8, 4) is 0 Å². The lowest BCUT2D eigenvalue weighted by Crippen LogP contribution is -2.30. The highest BCUT2D eigenvalue weighted by Crippen LogP contribution is 2.19. The van der Waals surface area contributed by atoms with Gasteiger partial charge >= 0.3 is 6.03 Å². The number of hydrogen-bond donors (Lipinski definition) is 3. The third kappa shape index (κ3) is 5.20. The smallest absolute Gasteiger partial charge is 0.319 e. The normalized spacial score (nSPS) is 9.63. The van der Waals surface area contributed by atoms with Crippen LogP contribution in [0, 0.1) is 5.82 Å². The monoisotopic (exact) mass is 265 g/mol. The molecule has 0 atom stereocenters. The van der Waals surface area contributed by atoms with Crippen molar-refractivity contribution in [1.29, 1.82) is 0 Å². The number of urea groups is 1. The van der Waals surface area contributed by atoms with Crippen molar-refractivity contribution < 1.29 is 14.0 Å². The van der Waals surface area contributed by atoms with E-state index >= 15 is 0 Å². The Hall–Kier alpha value is -2.37. The number of anilines is 2. The van der Waals surface area contributed by atoms with E-state index in [9.17, 15) is 14.0 Å². The third-order valence-corrected chi connectivity index (χ3v) is 2.09. The van der Waals surface area contributed by atoms with Crippen molar-refractivity contribution in [3.05, 3.63) is 36.2 Å². The van der Waals surface area contributed by atoms with E-state index in [1.54, 1.807) is 6.92 Å². The first-order valence-corrected chi connectivity index (χ1v) is 5.65. The van der Waals surface area contributed by atoms with Gasteiger partial charge in [0, 0.05) is 19.2 Å². The fourth-order valence-corrected chi connectivity index (χ4v) is 1.30. The Morgan fingerprint density at radius 3 is 2.53 bits per heavy atom. The number of carbonyl (C=O) groups excluding carboxylic acids is 2. The van der Waals surface area contributed by atoms with Gasteiger partial charge in [-0.25, -0.2) is 9.18 Å².